The lowest BCUT2D eigenvalue weighted by atomic mass is 10.2. The third kappa shape index (κ3) is 3.94. The number of amides is 1. The summed E-state index contributed by atoms with van der Waals surface area (Å²) in [4.78, 5) is 21.6. The quantitative estimate of drug-likeness (QED) is 0.898. The van der Waals surface area contributed by atoms with E-state index in [1.165, 1.54) is 11.3 Å². The second-order valence-electron chi connectivity index (χ2n) is 5.61. The molecule has 1 aliphatic rings. The molecule has 2 aromatic rings. The maximum Gasteiger partial charge on any atom is 0.225 e. The first-order valence-corrected chi connectivity index (χ1v) is 9.93. The van der Waals surface area contributed by atoms with E-state index in [0.717, 1.165) is 21.1 Å². The summed E-state index contributed by atoms with van der Waals surface area (Å²) in [5.41, 5.74) is 1.75. The molecule has 23 heavy (non-hydrogen) atoms. The zero-order valence-electron chi connectivity index (χ0n) is 12.7. The fourth-order valence-electron chi connectivity index (χ4n) is 2.54. The van der Waals surface area contributed by atoms with Crippen LogP contribution in [0.4, 0.5) is 0 Å². The van der Waals surface area contributed by atoms with Crippen LogP contribution in [0.2, 0.25) is 0 Å². The Balaban J connectivity index is 1.66. The number of aryl methyl sites for hydroxylation is 1. The maximum atomic E-state index is 12.1. The predicted molar refractivity (Wildman–Crippen MR) is 89.0 cm³/mol. The highest BCUT2D eigenvalue weighted by Crippen LogP contribution is 2.27. The second kappa shape index (κ2) is 6.37. The lowest BCUT2D eigenvalue weighted by Gasteiger charge is -2.10. The summed E-state index contributed by atoms with van der Waals surface area (Å²) in [5, 5.41) is 3.64. The van der Waals surface area contributed by atoms with E-state index in [-0.39, 0.29) is 29.9 Å². The normalized spacial score (nSPS) is 19.6. The van der Waals surface area contributed by atoms with E-state index in [1.807, 2.05) is 19.1 Å². The van der Waals surface area contributed by atoms with E-state index in [9.17, 15) is 13.2 Å². The lowest BCUT2D eigenvalue weighted by molar-refractivity contribution is -0.120. The molecule has 0 aliphatic carbocycles. The number of nitrogens with one attached hydrogen (secondary N) is 1. The number of aromatic nitrogens is 2. The molecule has 1 unspecified atom stereocenters. The third-order valence-electron chi connectivity index (χ3n) is 3.72. The Hall–Kier alpha value is -1.80. The van der Waals surface area contributed by atoms with Crippen molar-refractivity contribution in [1.82, 2.24) is 15.3 Å². The van der Waals surface area contributed by atoms with Crippen LogP contribution in [0.15, 0.2) is 24.5 Å². The van der Waals surface area contributed by atoms with Gasteiger partial charge < -0.3 is 5.32 Å². The summed E-state index contributed by atoms with van der Waals surface area (Å²) >= 11 is 1.47. The Bertz CT molecular complexity index is 816. The summed E-state index contributed by atoms with van der Waals surface area (Å²) in [6.07, 6.45) is 4.16. The van der Waals surface area contributed by atoms with Crippen LogP contribution in [-0.4, -0.2) is 41.8 Å². The highest BCUT2D eigenvalue weighted by Gasteiger charge is 2.29. The van der Waals surface area contributed by atoms with Crippen molar-refractivity contribution in [2.45, 2.75) is 25.8 Å². The molecule has 1 amide bonds. The van der Waals surface area contributed by atoms with Crippen LogP contribution in [-0.2, 0) is 21.1 Å². The number of carbonyl (C=O) groups excluding carboxylic acids is 1. The lowest BCUT2D eigenvalue weighted by Crippen LogP contribution is -2.36. The van der Waals surface area contributed by atoms with Gasteiger partial charge in [0.2, 0.25) is 5.91 Å². The topological polar surface area (TPSA) is 89.0 Å². The molecule has 0 bridgehead atoms. The summed E-state index contributed by atoms with van der Waals surface area (Å²) in [6.45, 7) is 1.87. The molecular weight excluding hydrogens is 334 g/mol. The van der Waals surface area contributed by atoms with Crippen molar-refractivity contribution in [3.63, 3.8) is 0 Å². The van der Waals surface area contributed by atoms with Gasteiger partial charge in [-0.05, 0) is 25.5 Å². The largest absolute Gasteiger partial charge is 0.352 e. The Labute approximate surface area is 138 Å². The highest BCUT2D eigenvalue weighted by molar-refractivity contribution is 7.91. The Kier molecular flexibility index (Phi) is 4.45. The summed E-state index contributed by atoms with van der Waals surface area (Å²) in [7, 11) is -2.99. The van der Waals surface area contributed by atoms with Crippen LogP contribution in [0.25, 0.3) is 10.6 Å². The van der Waals surface area contributed by atoms with Gasteiger partial charge >= 0.3 is 0 Å². The van der Waals surface area contributed by atoms with Crippen LogP contribution in [0.5, 0.6) is 0 Å². The average molecular weight is 351 g/mol. The zero-order valence-corrected chi connectivity index (χ0v) is 14.3. The van der Waals surface area contributed by atoms with Crippen LogP contribution < -0.4 is 5.32 Å². The Morgan fingerprint density at radius 1 is 1.48 bits per heavy atom. The fraction of sp³-hybridized carbons (Fsp3) is 0.400. The molecule has 1 aliphatic heterocycles. The van der Waals surface area contributed by atoms with Crippen molar-refractivity contribution in [2.24, 2.45) is 0 Å². The average Bonchev–Trinajstić information content (AvgIpc) is 3.03. The molecule has 122 valence electrons. The molecular formula is C15H17N3O3S2. The number of pyridine rings is 1. The molecule has 1 atom stereocenters. The van der Waals surface area contributed by atoms with Gasteiger partial charge in [0.25, 0.3) is 0 Å². The van der Waals surface area contributed by atoms with Gasteiger partial charge in [-0.1, -0.05) is 0 Å². The predicted octanol–water partition coefficient (Wildman–Crippen LogP) is 1.36. The minimum absolute atomic E-state index is 0.0430. The number of hydrogen-bond acceptors (Lipinski definition) is 6. The van der Waals surface area contributed by atoms with Crippen molar-refractivity contribution >= 4 is 27.1 Å². The van der Waals surface area contributed by atoms with Crippen molar-refractivity contribution in [3.05, 3.63) is 35.1 Å². The number of thiazole rings is 1. The number of carbonyl (C=O) groups is 1. The molecule has 3 heterocycles. The summed E-state index contributed by atoms with van der Waals surface area (Å²) in [6, 6.07) is 3.51. The molecule has 0 radical (unpaired) electrons. The molecule has 3 rings (SSSR count). The molecule has 1 fully saturated rings. The van der Waals surface area contributed by atoms with Crippen LogP contribution in [0, 0.1) is 6.92 Å². The number of rotatable bonds is 4. The standard InChI is InChI=1S/C15H17N3O3S2/c1-10-13(22-15(17-10)11-3-2-5-16-8-11)7-14(19)18-12-4-6-23(20,21)9-12/h2-3,5,8,12H,4,6-7,9H2,1H3,(H,18,19). The third-order valence-corrected chi connectivity index (χ3v) is 6.69. The molecule has 0 saturated carbocycles. The zero-order chi connectivity index (χ0) is 16.4. The first kappa shape index (κ1) is 16.1. The molecule has 0 aromatic carbocycles. The highest BCUT2D eigenvalue weighted by atomic mass is 32.2. The first-order chi connectivity index (χ1) is 10.9. The number of hydrogen-bond donors (Lipinski definition) is 1. The number of nitrogens with zero attached hydrogens (tertiary/aromatic N) is 2. The smallest absolute Gasteiger partial charge is 0.225 e. The molecule has 1 N–H and O–H groups in total. The van der Waals surface area contributed by atoms with E-state index < -0.39 is 9.84 Å². The fourth-order valence-corrected chi connectivity index (χ4v) is 5.26. The first-order valence-electron chi connectivity index (χ1n) is 7.29. The Morgan fingerprint density at radius 2 is 2.30 bits per heavy atom. The Morgan fingerprint density at radius 3 is 2.96 bits per heavy atom. The van der Waals surface area contributed by atoms with Gasteiger partial charge in [-0.2, -0.15) is 0 Å². The summed E-state index contributed by atoms with van der Waals surface area (Å²) < 4.78 is 22.9. The van der Waals surface area contributed by atoms with Gasteiger partial charge in [-0.15, -0.1) is 11.3 Å². The van der Waals surface area contributed by atoms with Crippen molar-refractivity contribution in [3.8, 4) is 10.6 Å². The van der Waals surface area contributed by atoms with Gasteiger partial charge in [0, 0.05) is 28.9 Å². The minimum atomic E-state index is -2.99. The molecule has 8 heteroatoms. The molecule has 6 nitrogen and oxygen atoms in total. The van der Waals surface area contributed by atoms with Crippen molar-refractivity contribution in [2.75, 3.05) is 11.5 Å². The van der Waals surface area contributed by atoms with E-state index in [0.29, 0.717) is 6.42 Å². The van der Waals surface area contributed by atoms with E-state index >= 15 is 0 Å². The van der Waals surface area contributed by atoms with Gasteiger partial charge in [0.05, 0.1) is 23.6 Å². The van der Waals surface area contributed by atoms with E-state index in [1.54, 1.807) is 12.4 Å². The molecule has 2 aromatic heterocycles. The van der Waals surface area contributed by atoms with Crippen molar-refractivity contribution < 1.29 is 13.2 Å². The van der Waals surface area contributed by atoms with Gasteiger partial charge in [-0.25, -0.2) is 13.4 Å². The molecule has 0 spiro atoms. The molecule has 1 saturated heterocycles. The van der Waals surface area contributed by atoms with Gasteiger partial charge in [0.15, 0.2) is 9.84 Å². The van der Waals surface area contributed by atoms with Crippen LogP contribution in [0.3, 0.4) is 0 Å². The number of sulfone groups is 1. The van der Waals surface area contributed by atoms with Gasteiger partial charge in [-0.3, -0.25) is 9.78 Å². The minimum Gasteiger partial charge on any atom is -0.352 e. The van der Waals surface area contributed by atoms with E-state index in [4.69, 9.17) is 0 Å². The maximum absolute atomic E-state index is 12.1. The van der Waals surface area contributed by atoms with Gasteiger partial charge in [0.1, 0.15) is 5.01 Å². The van der Waals surface area contributed by atoms with Crippen LogP contribution >= 0.6 is 11.3 Å². The van der Waals surface area contributed by atoms with Crippen LogP contribution in [0.1, 0.15) is 17.0 Å². The van der Waals surface area contributed by atoms with Crippen molar-refractivity contribution in [1.29, 1.82) is 0 Å². The summed E-state index contributed by atoms with van der Waals surface area (Å²) in [5.74, 6) is 0.0425. The SMILES string of the molecule is Cc1nc(-c2cccnc2)sc1CC(=O)NC1CCS(=O)(=O)C1. The second-order valence-corrected chi connectivity index (χ2v) is 8.93. The van der Waals surface area contributed by atoms with E-state index in [2.05, 4.69) is 15.3 Å². The monoisotopic (exact) mass is 351 g/mol.